The van der Waals surface area contributed by atoms with Crippen LogP contribution < -0.4 is 11.1 Å². The van der Waals surface area contributed by atoms with Crippen molar-refractivity contribution in [2.45, 2.75) is 50.7 Å². The van der Waals surface area contributed by atoms with Crippen LogP contribution in [0.1, 0.15) is 32.6 Å². The van der Waals surface area contributed by atoms with E-state index < -0.39 is 6.04 Å². The standard InChI is InChI=1S/C11H19N3O2.ClH/c1-7(12)11(16)14-6-2-3-9(14)10(15)13-8-4-5-8;/h7-9H,2-6,12H2,1H3,(H,13,15);1H/t7-,9?;/m1./s1. The number of halogens is 1. The molecular weight excluding hydrogens is 242 g/mol. The molecule has 6 heteroatoms. The lowest BCUT2D eigenvalue weighted by molar-refractivity contribution is -0.139. The number of rotatable bonds is 3. The summed E-state index contributed by atoms with van der Waals surface area (Å²) in [5.41, 5.74) is 5.57. The summed E-state index contributed by atoms with van der Waals surface area (Å²) in [4.78, 5) is 25.3. The second kappa shape index (κ2) is 5.69. The minimum atomic E-state index is -0.519. The van der Waals surface area contributed by atoms with Gasteiger partial charge in [-0.15, -0.1) is 12.4 Å². The lowest BCUT2D eigenvalue weighted by atomic mass is 10.2. The number of hydrogen-bond donors (Lipinski definition) is 2. The summed E-state index contributed by atoms with van der Waals surface area (Å²) in [6, 6.07) is -0.464. The van der Waals surface area contributed by atoms with Crippen LogP contribution in [0.15, 0.2) is 0 Å². The van der Waals surface area contributed by atoms with Gasteiger partial charge in [-0.1, -0.05) is 0 Å². The molecule has 0 aromatic heterocycles. The monoisotopic (exact) mass is 261 g/mol. The van der Waals surface area contributed by atoms with Gasteiger partial charge in [-0.2, -0.15) is 0 Å². The van der Waals surface area contributed by atoms with Crippen LogP contribution in [0.4, 0.5) is 0 Å². The van der Waals surface area contributed by atoms with Gasteiger partial charge in [0.25, 0.3) is 0 Å². The summed E-state index contributed by atoms with van der Waals surface area (Å²) < 4.78 is 0. The molecule has 17 heavy (non-hydrogen) atoms. The van der Waals surface area contributed by atoms with Gasteiger partial charge in [0.05, 0.1) is 6.04 Å². The molecule has 98 valence electrons. The van der Waals surface area contributed by atoms with Crippen molar-refractivity contribution in [1.82, 2.24) is 10.2 Å². The first-order valence-corrected chi connectivity index (χ1v) is 5.96. The number of nitrogens with zero attached hydrogens (tertiary/aromatic N) is 1. The predicted molar refractivity (Wildman–Crippen MR) is 66.8 cm³/mol. The maximum Gasteiger partial charge on any atom is 0.243 e. The zero-order valence-electron chi connectivity index (χ0n) is 10.0. The van der Waals surface area contributed by atoms with E-state index in [1.807, 2.05) is 0 Å². The Morgan fingerprint density at radius 3 is 2.53 bits per heavy atom. The highest BCUT2D eigenvalue weighted by atomic mass is 35.5. The van der Waals surface area contributed by atoms with Crippen LogP contribution in [0, 0.1) is 0 Å². The third-order valence-electron chi connectivity index (χ3n) is 3.15. The molecule has 2 rings (SSSR count). The third-order valence-corrected chi connectivity index (χ3v) is 3.15. The smallest absolute Gasteiger partial charge is 0.243 e. The summed E-state index contributed by atoms with van der Waals surface area (Å²) in [6.07, 6.45) is 3.79. The highest BCUT2D eigenvalue weighted by molar-refractivity contribution is 5.90. The first-order chi connectivity index (χ1) is 7.59. The van der Waals surface area contributed by atoms with Crippen molar-refractivity contribution in [3.05, 3.63) is 0 Å². The van der Waals surface area contributed by atoms with E-state index in [2.05, 4.69) is 5.32 Å². The van der Waals surface area contributed by atoms with Gasteiger partial charge < -0.3 is 16.0 Å². The van der Waals surface area contributed by atoms with E-state index in [-0.39, 0.29) is 30.3 Å². The molecule has 0 aromatic rings. The number of carbonyl (C=O) groups excluding carboxylic acids is 2. The SMILES string of the molecule is C[C@@H](N)C(=O)N1CCCC1C(=O)NC1CC1.Cl. The van der Waals surface area contributed by atoms with Crippen LogP contribution in [-0.4, -0.2) is 41.4 Å². The average molecular weight is 262 g/mol. The summed E-state index contributed by atoms with van der Waals surface area (Å²) in [5, 5.41) is 2.95. The molecule has 3 N–H and O–H groups in total. The molecule has 1 aliphatic carbocycles. The number of nitrogens with two attached hydrogens (primary N) is 1. The van der Waals surface area contributed by atoms with E-state index in [1.165, 1.54) is 0 Å². The van der Waals surface area contributed by atoms with Crippen LogP contribution >= 0.6 is 12.4 Å². The Hall–Kier alpha value is -0.810. The first kappa shape index (κ1) is 14.3. The number of hydrogen-bond acceptors (Lipinski definition) is 3. The zero-order valence-corrected chi connectivity index (χ0v) is 10.8. The molecule has 0 bridgehead atoms. The van der Waals surface area contributed by atoms with Crippen molar-refractivity contribution in [2.24, 2.45) is 5.73 Å². The number of carbonyl (C=O) groups is 2. The Morgan fingerprint density at radius 2 is 2.00 bits per heavy atom. The van der Waals surface area contributed by atoms with Crippen molar-refractivity contribution in [1.29, 1.82) is 0 Å². The van der Waals surface area contributed by atoms with Crippen molar-refractivity contribution in [2.75, 3.05) is 6.54 Å². The summed E-state index contributed by atoms with van der Waals surface area (Å²) in [7, 11) is 0. The minimum absolute atomic E-state index is 0. The van der Waals surface area contributed by atoms with Gasteiger partial charge in [-0.3, -0.25) is 9.59 Å². The molecule has 2 amide bonds. The predicted octanol–water partition coefficient (Wildman–Crippen LogP) is 0.0250. The Kier molecular flexibility index (Phi) is 4.77. The van der Waals surface area contributed by atoms with E-state index >= 15 is 0 Å². The van der Waals surface area contributed by atoms with Crippen molar-refractivity contribution < 1.29 is 9.59 Å². The molecule has 2 aliphatic rings. The maximum absolute atomic E-state index is 11.9. The lowest BCUT2D eigenvalue weighted by Crippen LogP contribution is -2.50. The van der Waals surface area contributed by atoms with E-state index in [4.69, 9.17) is 5.73 Å². The van der Waals surface area contributed by atoms with Crippen molar-refractivity contribution in [3.63, 3.8) is 0 Å². The first-order valence-electron chi connectivity index (χ1n) is 5.96. The second-order valence-corrected chi connectivity index (χ2v) is 4.76. The second-order valence-electron chi connectivity index (χ2n) is 4.76. The van der Waals surface area contributed by atoms with E-state index in [9.17, 15) is 9.59 Å². The summed E-state index contributed by atoms with van der Waals surface area (Å²) in [5.74, 6) is -0.123. The molecule has 1 saturated heterocycles. The van der Waals surface area contributed by atoms with Crippen LogP contribution in [0.3, 0.4) is 0 Å². The Labute approximate surface area is 108 Å². The maximum atomic E-state index is 11.9. The molecule has 0 spiro atoms. The van der Waals surface area contributed by atoms with Gasteiger partial charge in [0.15, 0.2) is 0 Å². The molecule has 0 radical (unpaired) electrons. The van der Waals surface area contributed by atoms with Gasteiger partial charge in [-0.05, 0) is 32.6 Å². The fourth-order valence-corrected chi connectivity index (χ4v) is 2.09. The van der Waals surface area contributed by atoms with E-state index in [1.54, 1.807) is 11.8 Å². The minimum Gasteiger partial charge on any atom is -0.352 e. The molecule has 1 heterocycles. The summed E-state index contributed by atoms with van der Waals surface area (Å²) >= 11 is 0. The van der Waals surface area contributed by atoms with Gasteiger partial charge >= 0.3 is 0 Å². The molecule has 2 atom stereocenters. The number of nitrogens with one attached hydrogen (secondary N) is 1. The van der Waals surface area contributed by atoms with Crippen LogP contribution in [0.5, 0.6) is 0 Å². The lowest BCUT2D eigenvalue weighted by Gasteiger charge is -2.25. The fourth-order valence-electron chi connectivity index (χ4n) is 2.09. The molecule has 0 aromatic carbocycles. The normalized spacial score (nSPS) is 25.1. The van der Waals surface area contributed by atoms with Crippen molar-refractivity contribution in [3.8, 4) is 0 Å². The highest BCUT2D eigenvalue weighted by Gasteiger charge is 2.37. The van der Waals surface area contributed by atoms with Crippen molar-refractivity contribution >= 4 is 24.2 Å². The van der Waals surface area contributed by atoms with Gasteiger partial charge in [0.1, 0.15) is 6.04 Å². The Morgan fingerprint density at radius 1 is 1.35 bits per heavy atom. The topological polar surface area (TPSA) is 75.4 Å². The van der Waals surface area contributed by atoms with Gasteiger partial charge in [0.2, 0.25) is 11.8 Å². The third kappa shape index (κ3) is 3.33. The highest BCUT2D eigenvalue weighted by Crippen LogP contribution is 2.22. The van der Waals surface area contributed by atoms with Crippen LogP contribution in [0.25, 0.3) is 0 Å². The fraction of sp³-hybridized carbons (Fsp3) is 0.818. The van der Waals surface area contributed by atoms with Crippen LogP contribution in [-0.2, 0) is 9.59 Å². The number of amides is 2. The Balaban J connectivity index is 0.00000144. The van der Waals surface area contributed by atoms with Crippen LogP contribution in [0.2, 0.25) is 0 Å². The van der Waals surface area contributed by atoms with E-state index in [0.29, 0.717) is 12.6 Å². The van der Waals surface area contributed by atoms with E-state index in [0.717, 1.165) is 25.7 Å². The molecular formula is C11H20ClN3O2. The summed E-state index contributed by atoms with van der Waals surface area (Å²) in [6.45, 7) is 2.32. The molecule has 1 unspecified atom stereocenters. The molecule has 1 saturated carbocycles. The Bertz CT molecular complexity index is 305. The van der Waals surface area contributed by atoms with Gasteiger partial charge in [-0.25, -0.2) is 0 Å². The van der Waals surface area contributed by atoms with Gasteiger partial charge in [0, 0.05) is 12.6 Å². The molecule has 5 nitrogen and oxygen atoms in total. The average Bonchev–Trinajstić information content (AvgIpc) is 2.91. The molecule has 2 fully saturated rings. The molecule has 1 aliphatic heterocycles. The number of likely N-dealkylation sites (tertiary alicyclic amines) is 1. The zero-order chi connectivity index (χ0) is 11.7. The largest absolute Gasteiger partial charge is 0.352 e. The quantitative estimate of drug-likeness (QED) is 0.752.